The van der Waals surface area contributed by atoms with E-state index in [-0.39, 0.29) is 5.60 Å². The van der Waals surface area contributed by atoms with Gasteiger partial charge in [0.15, 0.2) is 0 Å². The van der Waals surface area contributed by atoms with Gasteiger partial charge in [-0.2, -0.15) is 0 Å². The molecule has 74 valence electrons. The lowest BCUT2D eigenvalue weighted by Crippen LogP contribution is -2.36. The molecule has 0 aromatic carbocycles. The minimum Gasteiger partial charge on any atom is -0.400 e. The van der Waals surface area contributed by atoms with Gasteiger partial charge in [0.1, 0.15) is 0 Å². The summed E-state index contributed by atoms with van der Waals surface area (Å²) in [6, 6.07) is 0. The molecule has 1 atom stereocenters. The molecule has 0 saturated heterocycles. The van der Waals surface area contributed by atoms with Crippen LogP contribution in [0, 0.1) is 11.8 Å². The fourth-order valence-corrected chi connectivity index (χ4v) is 3.42. The molecule has 0 aromatic rings. The van der Waals surface area contributed by atoms with Gasteiger partial charge in [-0.25, -0.2) is 0 Å². The van der Waals surface area contributed by atoms with Gasteiger partial charge < -0.3 is 4.43 Å². The van der Waals surface area contributed by atoms with Crippen LogP contribution in [0.25, 0.3) is 0 Å². The lowest BCUT2D eigenvalue weighted by Gasteiger charge is -2.30. The minimum atomic E-state index is -1.42. The van der Waals surface area contributed by atoms with E-state index in [1.54, 1.807) is 0 Å². The van der Waals surface area contributed by atoms with Crippen molar-refractivity contribution in [3.8, 4) is 0 Å². The maximum atomic E-state index is 6.13. The van der Waals surface area contributed by atoms with Gasteiger partial charge in [-0.05, 0) is 0 Å². The van der Waals surface area contributed by atoms with Crippen molar-refractivity contribution >= 4 is 9.04 Å². The van der Waals surface area contributed by atoms with Crippen LogP contribution in [0.5, 0.6) is 0 Å². The summed E-state index contributed by atoms with van der Waals surface area (Å²) in [7, 11) is -1.42. The summed E-state index contributed by atoms with van der Waals surface area (Å²) in [5, 5.41) is 0. The van der Waals surface area contributed by atoms with Gasteiger partial charge in [-0.3, -0.25) is 0 Å². The summed E-state index contributed by atoms with van der Waals surface area (Å²) in [5.74, 6) is 1.11. The lowest BCUT2D eigenvalue weighted by molar-refractivity contribution is 0.128. The van der Waals surface area contributed by atoms with Crippen molar-refractivity contribution in [1.82, 2.24) is 0 Å². The van der Waals surface area contributed by atoms with Crippen LogP contribution in [0.1, 0.15) is 6.92 Å². The van der Waals surface area contributed by atoms with Crippen LogP contribution >= 0.6 is 0 Å². The molecule has 0 aromatic heterocycles. The van der Waals surface area contributed by atoms with Gasteiger partial charge in [0.2, 0.25) is 9.04 Å². The van der Waals surface area contributed by atoms with Crippen molar-refractivity contribution in [2.24, 2.45) is 11.8 Å². The topological polar surface area (TPSA) is 9.23 Å². The largest absolute Gasteiger partial charge is 0.400 e. The predicted molar refractivity (Wildman–Crippen MR) is 62.3 cm³/mol. The van der Waals surface area contributed by atoms with E-state index in [9.17, 15) is 0 Å². The maximum absolute atomic E-state index is 6.13. The SMILES string of the molecule is C=C[SiH](C=C)OC12C=CC(C=C1)C2C. The Morgan fingerprint density at radius 3 is 2.21 bits per heavy atom. The molecule has 0 radical (unpaired) electrons. The first-order chi connectivity index (χ1) is 6.72. The number of allylic oxidation sites excluding steroid dienone is 2. The fourth-order valence-electron chi connectivity index (χ4n) is 2.19. The Hall–Kier alpha value is -0.863. The first kappa shape index (κ1) is 9.68. The Morgan fingerprint density at radius 1 is 1.29 bits per heavy atom. The van der Waals surface area contributed by atoms with E-state index in [2.05, 4.69) is 44.4 Å². The molecule has 14 heavy (non-hydrogen) atoms. The highest BCUT2D eigenvalue weighted by molar-refractivity contribution is 6.63. The quantitative estimate of drug-likeness (QED) is 0.504. The monoisotopic (exact) mass is 204 g/mol. The smallest absolute Gasteiger partial charge is 0.226 e. The van der Waals surface area contributed by atoms with Gasteiger partial charge in [0.25, 0.3) is 0 Å². The summed E-state index contributed by atoms with van der Waals surface area (Å²) in [4.78, 5) is 0. The van der Waals surface area contributed by atoms with Crippen LogP contribution in [0.4, 0.5) is 0 Å². The van der Waals surface area contributed by atoms with Crippen LogP contribution in [0.3, 0.4) is 0 Å². The number of rotatable bonds is 4. The molecule has 2 aliphatic carbocycles. The van der Waals surface area contributed by atoms with Crippen LogP contribution in [0.2, 0.25) is 0 Å². The molecule has 0 amide bonds. The summed E-state index contributed by atoms with van der Waals surface area (Å²) >= 11 is 0. The second-order valence-corrected chi connectivity index (χ2v) is 6.10. The molecule has 0 spiro atoms. The zero-order valence-corrected chi connectivity index (χ0v) is 9.67. The minimum absolute atomic E-state index is 0.149. The third-order valence-corrected chi connectivity index (χ3v) is 4.86. The highest BCUT2D eigenvalue weighted by Gasteiger charge is 2.44. The fraction of sp³-hybridized carbons (Fsp3) is 0.333. The Morgan fingerprint density at radius 2 is 1.86 bits per heavy atom. The zero-order valence-electron chi connectivity index (χ0n) is 8.52. The standard InChI is InChI=1S/C12H16OSi/c1-4-14(5-2)13-12-8-6-11(7-9-12)10(12)3/h4-11,14H,1-2H2,3H3. The van der Waals surface area contributed by atoms with Crippen molar-refractivity contribution < 1.29 is 4.43 Å². The van der Waals surface area contributed by atoms with Gasteiger partial charge in [0.05, 0.1) is 5.60 Å². The van der Waals surface area contributed by atoms with E-state index in [1.807, 2.05) is 11.4 Å². The first-order valence-electron chi connectivity index (χ1n) is 5.03. The predicted octanol–water partition coefficient (Wildman–Crippen LogP) is 2.31. The Labute approximate surface area is 87.2 Å². The Balaban J connectivity index is 2.17. The van der Waals surface area contributed by atoms with Crippen LogP contribution in [-0.2, 0) is 4.43 Å². The summed E-state index contributed by atoms with van der Waals surface area (Å²) in [5.41, 5.74) is 3.69. The van der Waals surface area contributed by atoms with Crippen molar-refractivity contribution in [3.05, 3.63) is 48.9 Å². The van der Waals surface area contributed by atoms with E-state index in [4.69, 9.17) is 4.43 Å². The van der Waals surface area contributed by atoms with Crippen LogP contribution in [0.15, 0.2) is 48.9 Å². The summed E-state index contributed by atoms with van der Waals surface area (Å²) in [6.45, 7) is 9.83. The van der Waals surface area contributed by atoms with E-state index in [1.165, 1.54) is 0 Å². The second-order valence-electron chi connectivity index (χ2n) is 3.99. The molecule has 2 rings (SSSR count). The highest BCUT2D eigenvalue weighted by atomic mass is 28.3. The molecule has 2 heteroatoms. The number of hydrogen-bond donors (Lipinski definition) is 0. The summed E-state index contributed by atoms with van der Waals surface area (Å²) in [6.07, 6.45) is 8.86. The average molecular weight is 204 g/mol. The first-order valence-corrected chi connectivity index (χ1v) is 6.84. The van der Waals surface area contributed by atoms with E-state index >= 15 is 0 Å². The third kappa shape index (κ3) is 1.26. The number of fused-ring (bicyclic) bond motifs is 2. The van der Waals surface area contributed by atoms with Gasteiger partial charge in [-0.15, -0.1) is 13.2 Å². The molecule has 1 nitrogen and oxygen atoms in total. The van der Waals surface area contributed by atoms with E-state index in [0.717, 1.165) is 0 Å². The van der Waals surface area contributed by atoms with Crippen molar-refractivity contribution in [1.29, 1.82) is 0 Å². The Kier molecular flexibility index (Phi) is 2.33. The average Bonchev–Trinajstić information content (AvgIpc) is 2.69. The van der Waals surface area contributed by atoms with Crippen molar-refractivity contribution in [2.45, 2.75) is 12.5 Å². The lowest BCUT2D eigenvalue weighted by atomic mass is 9.94. The molecule has 0 saturated carbocycles. The third-order valence-electron chi connectivity index (χ3n) is 3.25. The van der Waals surface area contributed by atoms with Crippen molar-refractivity contribution in [3.63, 3.8) is 0 Å². The van der Waals surface area contributed by atoms with Gasteiger partial charge in [0, 0.05) is 11.8 Å². The molecular formula is C12H16OSi. The normalized spacial score (nSPS) is 38.1. The molecule has 0 fully saturated rings. The number of hydrogen-bond acceptors (Lipinski definition) is 1. The molecule has 0 N–H and O–H groups in total. The van der Waals surface area contributed by atoms with Crippen LogP contribution in [-0.4, -0.2) is 14.6 Å². The zero-order chi connectivity index (χ0) is 10.2. The highest BCUT2D eigenvalue weighted by Crippen LogP contribution is 2.44. The molecular weight excluding hydrogens is 188 g/mol. The molecule has 0 heterocycles. The van der Waals surface area contributed by atoms with Crippen LogP contribution < -0.4 is 0 Å². The van der Waals surface area contributed by atoms with Crippen molar-refractivity contribution in [2.75, 3.05) is 0 Å². The Bertz CT molecular complexity index is 294. The van der Waals surface area contributed by atoms with Gasteiger partial charge in [-0.1, -0.05) is 42.6 Å². The van der Waals surface area contributed by atoms with E-state index < -0.39 is 9.04 Å². The summed E-state index contributed by atoms with van der Waals surface area (Å²) < 4.78 is 6.13. The van der Waals surface area contributed by atoms with E-state index in [0.29, 0.717) is 11.8 Å². The maximum Gasteiger partial charge on any atom is 0.226 e. The van der Waals surface area contributed by atoms with Gasteiger partial charge >= 0.3 is 0 Å². The molecule has 2 aliphatic rings. The molecule has 0 aliphatic heterocycles. The molecule has 1 unspecified atom stereocenters. The second kappa shape index (κ2) is 3.37. The molecule has 2 bridgehead atoms.